The van der Waals surface area contributed by atoms with Crippen LogP contribution in [0.2, 0.25) is 0 Å². The van der Waals surface area contributed by atoms with Gasteiger partial charge < -0.3 is 19.7 Å². The maximum Gasteiger partial charge on any atom is 0.303 e. The number of carbonyl (C=O) groups excluding carboxylic acids is 3. The molecular weight excluding hydrogens is 502 g/mol. The van der Waals surface area contributed by atoms with Gasteiger partial charge in [0, 0.05) is 44.8 Å². The number of benzene rings is 1. The number of nitrogens with zero attached hydrogens (tertiary/aromatic N) is 2. The Morgan fingerprint density at radius 1 is 1.24 bits per heavy atom. The van der Waals surface area contributed by atoms with Crippen LogP contribution in [0.15, 0.2) is 29.6 Å². The van der Waals surface area contributed by atoms with Crippen molar-refractivity contribution in [2.75, 3.05) is 20.2 Å². The van der Waals surface area contributed by atoms with E-state index in [1.54, 1.807) is 10.3 Å². The fourth-order valence-electron chi connectivity index (χ4n) is 4.73. The van der Waals surface area contributed by atoms with Gasteiger partial charge in [-0.3, -0.25) is 14.4 Å². The minimum atomic E-state index is -0.654. The monoisotopic (exact) mass is 543 g/mol. The Hall–Kier alpha value is -2.78. The van der Waals surface area contributed by atoms with Crippen LogP contribution in [-0.4, -0.2) is 53.9 Å². The lowest BCUT2D eigenvalue weighted by atomic mass is 9.95. The van der Waals surface area contributed by atoms with Crippen molar-refractivity contribution < 1.29 is 23.9 Å². The molecule has 0 bridgehead atoms. The molecule has 4 atom stereocenters. The normalized spacial score (nSPS) is 17.3. The van der Waals surface area contributed by atoms with E-state index in [2.05, 4.69) is 44.1 Å². The zero-order valence-corrected chi connectivity index (χ0v) is 24.2. The van der Waals surface area contributed by atoms with Crippen LogP contribution in [-0.2, 0) is 25.5 Å². The van der Waals surface area contributed by atoms with Crippen LogP contribution in [0.1, 0.15) is 92.7 Å². The third-order valence-corrected chi connectivity index (χ3v) is 8.15. The number of aromatic nitrogens is 1. The summed E-state index contributed by atoms with van der Waals surface area (Å²) in [6.07, 6.45) is 1.83. The van der Waals surface area contributed by atoms with E-state index in [-0.39, 0.29) is 35.6 Å². The molecule has 0 aliphatic carbocycles. The minimum Gasteiger partial charge on any atom is -0.455 e. The minimum absolute atomic E-state index is 0.0744. The molecule has 208 valence electrons. The van der Waals surface area contributed by atoms with E-state index in [0.717, 1.165) is 18.4 Å². The molecule has 0 radical (unpaired) electrons. The zero-order chi connectivity index (χ0) is 27.8. The first-order valence-electron chi connectivity index (χ1n) is 13.5. The van der Waals surface area contributed by atoms with E-state index in [1.807, 2.05) is 25.2 Å². The van der Waals surface area contributed by atoms with Crippen molar-refractivity contribution in [3.8, 4) is 0 Å². The lowest BCUT2D eigenvalue weighted by molar-refractivity contribution is -0.148. The van der Waals surface area contributed by atoms with Crippen LogP contribution in [0.3, 0.4) is 0 Å². The van der Waals surface area contributed by atoms with Gasteiger partial charge in [0.2, 0.25) is 5.91 Å². The Kier molecular flexibility index (Phi) is 10.8. The molecule has 1 aromatic heterocycles. The highest BCUT2D eigenvalue weighted by Gasteiger charge is 2.31. The molecule has 2 heterocycles. The van der Waals surface area contributed by atoms with Gasteiger partial charge >= 0.3 is 5.97 Å². The van der Waals surface area contributed by atoms with E-state index in [9.17, 15) is 14.4 Å². The van der Waals surface area contributed by atoms with Gasteiger partial charge in [-0.15, -0.1) is 11.3 Å². The number of rotatable bonds is 12. The quantitative estimate of drug-likeness (QED) is 0.374. The SMILES string of the molecule is CC[C@H](C)CC(=O)N(C)[C@H](C[C@@H](OC(C)=O)c1nc(C(=O)NCC2OCCc3ccccc32)cs1)C(C)C. The smallest absolute Gasteiger partial charge is 0.303 e. The van der Waals surface area contributed by atoms with Gasteiger partial charge in [0.15, 0.2) is 6.10 Å². The Morgan fingerprint density at radius 2 is 1.97 bits per heavy atom. The predicted octanol–water partition coefficient (Wildman–Crippen LogP) is 5.10. The number of hydrogen-bond donors (Lipinski definition) is 1. The number of nitrogens with one attached hydrogen (secondary N) is 1. The number of esters is 1. The highest BCUT2D eigenvalue weighted by Crippen LogP contribution is 2.31. The van der Waals surface area contributed by atoms with Gasteiger partial charge in [-0.1, -0.05) is 58.4 Å². The largest absolute Gasteiger partial charge is 0.455 e. The maximum atomic E-state index is 12.9. The van der Waals surface area contributed by atoms with Crippen molar-refractivity contribution in [2.24, 2.45) is 11.8 Å². The van der Waals surface area contributed by atoms with Gasteiger partial charge in [0.05, 0.1) is 6.61 Å². The predicted molar refractivity (Wildman–Crippen MR) is 148 cm³/mol. The molecule has 1 aliphatic rings. The lowest BCUT2D eigenvalue weighted by Gasteiger charge is -2.34. The molecule has 9 heteroatoms. The zero-order valence-electron chi connectivity index (χ0n) is 23.4. The highest BCUT2D eigenvalue weighted by molar-refractivity contribution is 7.09. The fraction of sp³-hybridized carbons (Fsp3) is 0.586. The topological polar surface area (TPSA) is 97.8 Å². The van der Waals surface area contributed by atoms with Crippen molar-refractivity contribution in [1.82, 2.24) is 15.2 Å². The highest BCUT2D eigenvalue weighted by atomic mass is 32.1. The van der Waals surface area contributed by atoms with Crippen LogP contribution in [0, 0.1) is 11.8 Å². The fourth-order valence-corrected chi connectivity index (χ4v) is 5.57. The number of ether oxygens (including phenoxy) is 2. The van der Waals surface area contributed by atoms with E-state index in [1.165, 1.54) is 23.8 Å². The molecule has 38 heavy (non-hydrogen) atoms. The van der Waals surface area contributed by atoms with Crippen molar-refractivity contribution in [1.29, 1.82) is 0 Å². The first kappa shape index (κ1) is 29.8. The summed E-state index contributed by atoms with van der Waals surface area (Å²) in [5, 5.41) is 5.16. The van der Waals surface area contributed by atoms with Crippen LogP contribution < -0.4 is 5.32 Å². The number of hydrogen-bond acceptors (Lipinski definition) is 7. The number of fused-ring (bicyclic) bond motifs is 1. The molecule has 0 saturated carbocycles. The Bertz CT molecular complexity index is 1100. The van der Waals surface area contributed by atoms with Gasteiger partial charge in [0.1, 0.15) is 16.8 Å². The molecular formula is C29H41N3O5S. The van der Waals surface area contributed by atoms with Crippen LogP contribution in [0.25, 0.3) is 0 Å². The third kappa shape index (κ3) is 7.86. The summed E-state index contributed by atoms with van der Waals surface area (Å²) in [6, 6.07) is 7.96. The molecule has 1 N–H and O–H groups in total. The van der Waals surface area contributed by atoms with E-state index in [0.29, 0.717) is 36.9 Å². The summed E-state index contributed by atoms with van der Waals surface area (Å²) < 4.78 is 11.6. The summed E-state index contributed by atoms with van der Waals surface area (Å²) in [6.45, 7) is 10.6. The molecule has 1 aliphatic heterocycles. The van der Waals surface area contributed by atoms with Gasteiger partial charge in [-0.2, -0.15) is 0 Å². The molecule has 2 aromatic rings. The summed E-state index contributed by atoms with van der Waals surface area (Å²) in [7, 11) is 1.81. The lowest BCUT2D eigenvalue weighted by Crippen LogP contribution is -2.42. The third-order valence-electron chi connectivity index (χ3n) is 7.21. The van der Waals surface area contributed by atoms with Gasteiger partial charge in [0.25, 0.3) is 5.91 Å². The Labute approximate surface area is 230 Å². The first-order chi connectivity index (χ1) is 18.1. The average molecular weight is 544 g/mol. The number of thiazole rings is 1. The molecule has 0 fully saturated rings. The second-order valence-electron chi connectivity index (χ2n) is 10.5. The van der Waals surface area contributed by atoms with E-state index in [4.69, 9.17) is 9.47 Å². The molecule has 1 aromatic carbocycles. The summed E-state index contributed by atoms with van der Waals surface area (Å²) in [5.74, 6) is -0.220. The van der Waals surface area contributed by atoms with Gasteiger partial charge in [-0.05, 0) is 29.4 Å². The number of carbonyl (C=O) groups is 3. The van der Waals surface area contributed by atoms with Gasteiger partial charge in [-0.25, -0.2) is 4.98 Å². The van der Waals surface area contributed by atoms with Crippen LogP contribution in [0.5, 0.6) is 0 Å². The van der Waals surface area contributed by atoms with Crippen molar-refractivity contribution in [3.05, 3.63) is 51.5 Å². The second kappa shape index (κ2) is 13.8. The maximum absolute atomic E-state index is 12.9. The average Bonchev–Trinajstić information content (AvgIpc) is 3.39. The molecule has 3 rings (SSSR count). The van der Waals surface area contributed by atoms with Crippen molar-refractivity contribution in [3.63, 3.8) is 0 Å². The standard InChI is InChI=1S/C29H41N3O5S/c1-7-19(4)14-27(34)32(6)24(18(2)3)15-25(37-20(5)33)29-31-23(17-38-29)28(35)30-16-26-22-11-9-8-10-21(22)12-13-36-26/h8-11,17-19,24-26H,7,12-16H2,1-6H3,(H,30,35)/t19-,24+,25+,26?/m0/s1. The van der Waals surface area contributed by atoms with E-state index >= 15 is 0 Å². The first-order valence-corrected chi connectivity index (χ1v) is 14.3. The van der Waals surface area contributed by atoms with Crippen molar-refractivity contribution in [2.45, 2.75) is 78.6 Å². The molecule has 0 spiro atoms. The Morgan fingerprint density at radius 3 is 2.66 bits per heavy atom. The van der Waals surface area contributed by atoms with E-state index < -0.39 is 12.1 Å². The van der Waals surface area contributed by atoms with Crippen LogP contribution >= 0.6 is 11.3 Å². The Balaban J connectivity index is 1.69. The summed E-state index contributed by atoms with van der Waals surface area (Å²) >= 11 is 1.28. The molecule has 8 nitrogen and oxygen atoms in total. The molecule has 0 saturated heterocycles. The summed E-state index contributed by atoms with van der Waals surface area (Å²) in [4.78, 5) is 44.1. The molecule has 1 unspecified atom stereocenters. The van der Waals surface area contributed by atoms with Crippen LogP contribution in [0.4, 0.5) is 0 Å². The number of amides is 2. The van der Waals surface area contributed by atoms with Crippen molar-refractivity contribution >= 4 is 29.1 Å². The summed E-state index contributed by atoms with van der Waals surface area (Å²) in [5.41, 5.74) is 2.61. The second-order valence-corrected chi connectivity index (χ2v) is 11.3. The molecule has 2 amide bonds.